The first-order valence-corrected chi connectivity index (χ1v) is 7.27. The third-order valence-electron chi connectivity index (χ3n) is 3.07. The fourth-order valence-corrected chi connectivity index (χ4v) is 2.02. The van der Waals surface area contributed by atoms with Crippen LogP contribution < -0.4 is 10.1 Å². The van der Waals surface area contributed by atoms with Gasteiger partial charge in [-0.05, 0) is 37.5 Å². The molecule has 1 aromatic heterocycles. The van der Waals surface area contributed by atoms with Crippen LogP contribution in [0.25, 0.3) is 0 Å². The van der Waals surface area contributed by atoms with E-state index >= 15 is 0 Å². The van der Waals surface area contributed by atoms with E-state index in [4.69, 9.17) is 4.74 Å². The van der Waals surface area contributed by atoms with Crippen molar-refractivity contribution >= 4 is 5.69 Å². The predicted molar refractivity (Wildman–Crippen MR) is 83.5 cm³/mol. The van der Waals surface area contributed by atoms with Crippen LogP contribution in [0.2, 0.25) is 0 Å². The zero-order valence-corrected chi connectivity index (χ0v) is 12.2. The molecule has 1 heterocycles. The first kappa shape index (κ1) is 14.4. The maximum absolute atomic E-state index is 5.82. The number of aryl methyl sites for hydroxylation is 1. The van der Waals surface area contributed by atoms with Gasteiger partial charge in [-0.15, -0.1) is 0 Å². The third kappa shape index (κ3) is 4.26. The van der Waals surface area contributed by atoms with Gasteiger partial charge in [0.1, 0.15) is 11.5 Å². The van der Waals surface area contributed by atoms with Crippen LogP contribution in [0.5, 0.6) is 11.5 Å². The highest BCUT2D eigenvalue weighted by Crippen LogP contribution is 2.23. The Bertz CT molecular complexity index is 523. The molecule has 0 spiro atoms. The number of anilines is 1. The van der Waals surface area contributed by atoms with Gasteiger partial charge in [0, 0.05) is 12.6 Å². The average Bonchev–Trinajstić information content (AvgIpc) is 2.47. The van der Waals surface area contributed by atoms with Crippen molar-refractivity contribution in [3.8, 4) is 11.5 Å². The number of nitrogens with zero attached hydrogens (tertiary/aromatic N) is 1. The summed E-state index contributed by atoms with van der Waals surface area (Å²) in [7, 11) is 0. The smallest absolute Gasteiger partial charge is 0.147 e. The number of hydrogen-bond donors (Lipinski definition) is 1. The van der Waals surface area contributed by atoms with Crippen LogP contribution in [0, 0.1) is 0 Å². The molecule has 106 valence electrons. The van der Waals surface area contributed by atoms with Gasteiger partial charge in [-0.1, -0.05) is 25.5 Å². The van der Waals surface area contributed by atoms with Gasteiger partial charge < -0.3 is 10.1 Å². The molecule has 0 aliphatic rings. The topological polar surface area (TPSA) is 34.1 Å². The monoisotopic (exact) mass is 270 g/mol. The molecule has 1 aromatic carbocycles. The Kier molecular flexibility index (Phi) is 5.42. The quantitative estimate of drug-likeness (QED) is 0.795. The number of unbranched alkanes of at least 4 members (excludes halogenated alkanes) is 1. The zero-order valence-electron chi connectivity index (χ0n) is 12.2. The third-order valence-corrected chi connectivity index (χ3v) is 3.07. The van der Waals surface area contributed by atoms with Gasteiger partial charge >= 0.3 is 0 Å². The second-order valence-electron chi connectivity index (χ2n) is 4.79. The Morgan fingerprint density at radius 1 is 1.05 bits per heavy atom. The fraction of sp³-hybridized carbons (Fsp3) is 0.353. The normalized spacial score (nSPS) is 10.3. The van der Waals surface area contributed by atoms with Crippen LogP contribution in [0.15, 0.2) is 42.7 Å². The Hall–Kier alpha value is -2.03. The van der Waals surface area contributed by atoms with Crippen molar-refractivity contribution in [2.24, 2.45) is 0 Å². The van der Waals surface area contributed by atoms with Crippen molar-refractivity contribution in [2.75, 3.05) is 11.9 Å². The van der Waals surface area contributed by atoms with E-state index in [1.54, 1.807) is 12.4 Å². The molecule has 0 aliphatic carbocycles. The van der Waals surface area contributed by atoms with Gasteiger partial charge in [0.25, 0.3) is 0 Å². The van der Waals surface area contributed by atoms with Crippen LogP contribution >= 0.6 is 0 Å². The maximum Gasteiger partial charge on any atom is 0.147 e. The van der Waals surface area contributed by atoms with Crippen molar-refractivity contribution < 1.29 is 4.74 Å². The summed E-state index contributed by atoms with van der Waals surface area (Å²) in [6.07, 6.45) is 7.11. The number of nitrogens with one attached hydrogen (secondary N) is 1. The van der Waals surface area contributed by atoms with E-state index in [2.05, 4.69) is 36.3 Å². The lowest BCUT2D eigenvalue weighted by Gasteiger charge is -2.08. The van der Waals surface area contributed by atoms with Gasteiger partial charge in [0.15, 0.2) is 0 Å². The van der Waals surface area contributed by atoms with Crippen molar-refractivity contribution in [3.63, 3.8) is 0 Å². The molecule has 2 aromatic rings. The fourth-order valence-electron chi connectivity index (χ4n) is 2.02. The van der Waals surface area contributed by atoms with Crippen molar-refractivity contribution in [3.05, 3.63) is 48.3 Å². The summed E-state index contributed by atoms with van der Waals surface area (Å²) in [6.45, 7) is 5.14. The molecule has 3 nitrogen and oxygen atoms in total. The lowest BCUT2D eigenvalue weighted by Crippen LogP contribution is -1.97. The number of aromatic nitrogens is 1. The van der Waals surface area contributed by atoms with E-state index < -0.39 is 0 Å². The second kappa shape index (κ2) is 7.53. The standard InChI is InChI=1S/C17H22N2O/c1-3-5-6-14-7-9-16(10-8-14)20-17-11-15(19-4-2)12-18-13-17/h7-13,19H,3-6H2,1-2H3. The molecule has 2 rings (SSSR count). The summed E-state index contributed by atoms with van der Waals surface area (Å²) < 4.78 is 5.82. The molecule has 0 saturated heterocycles. The SMILES string of the molecule is CCCCc1ccc(Oc2cncc(NCC)c2)cc1. The highest BCUT2D eigenvalue weighted by molar-refractivity contribution is 5.46. The van der Waals surface area contributed by atoms with Gasteiger partial charge in [-0.25, -0.2) is 0 Å². The molecule has 0 aliphatic heterocycles. The second-order valence-corrected chi connectivity index (χ2v) is 4.79. The largest absolute Gasteiger partial charge is 0.456 e. The average molecular weight is 270 g/mol. The molecule has 0 bridgehead atoms. The molecule has 20 heavy (non-hydrogen) atoms. The van der Waals surface area contributed by atoms with Gasteiger partial charge in [-0.3, -0.25) is 4.98 Å². The van der Waals surface area contributed by atoms with Crippen LogP contribution in [0.3, 0.4) is 0 Å². The van der Waals surface area contributed by atoms with Crippen LogP contribution in [-0.4, -0.2) is 11.5 Å². The lowest BCUT2D eigenvalue weighted by atomic mass is 10.1. The number of rotatable bonds is 7. The number of hydrogen-bond acceptors (Lipinski definition) is 3. The van der Waals surface area contributed by atoms with E-state index in [-0.39, 0.29) is 0 Å². The molecule has 3 heteroatoms. The van der Waals surface area contributed by atoms with Crippen LogP contribution in [0.1, 0.15) is 32.3 Å². The minimum Gasteiger partial charge on any atom is -0.456 e. The van der Waals surface area contributed by atoms with E-state index in [1.165, 1.54) is 18.4 Å². The Morgan fingerprint density at radius 3 is 2.55 bits per heavy atom. The van der Waals surface area contributed by atoms with Crippen molar-refractivity contribution in [1.82, 2.24) is 4.98 Å². The highest BCUT2D eigenvalue weighted by atomic mass is 16.5. The van der Waals surface area contributed by atoms with Gasteiger partial charge in [0.2, 0.25) is 0 Å². The maximum atomic E-state index is 5.82. The number of pyridine rings is 1. The Balaban J connectivity index is 2.00. The highest BCUT2D eigenvalue weighted by Gasteiger charge is 2.00. The molecule has 0 atom stereocenters. The van der Waals surface area contributed by atoms with E-state index in [9.17, 15) is 0 Å². The molecular formula is C17H22N2O. The molecule has 0 fully saturated rings. The summed E-state index contributed by atoms with van der Waals surface area (Å²) in [5, 5.41) is 3.22. The minimum absolute atomic E-state index is 0.754. The predicted octanol–water partition coefficient (Wildman–Crippen LogP) is 4.65. The summed E-state index contributed by atoms with van der Waals surface area (Å²) in [5.41, 5.74) is 2.34. The van der Waals surface area contributed by atoms with Crippen molar-refractivity contribution in [2.45, 2.75) is 33.1 Å². The molecule has 0 radical (unpaired) electrons. The van der Waals surface area contributed by atoms with Gasteiger partial charge in [0.05, 0.1) is 18.1 Å². The molecular weight excluding hydrogens is 248 g/mol. The van der Waals surface area contributed by atoms with E-state index in [0.717, 1.165) is 30.2 Å². The van der Waals surface area contributed by atoms with Gasteiger partial charge in [-0.2, -0.15) is 0 Å². The molecule has 0 amide bonds. The number of benzene rings is 1. The molecule has 1 N–H and O–H groups in total. The van der Waals surface area contributed by atoms with E-state index in [0.29, 0.717) is 0 Å². The Labute approximate surface area is 121 Å². The Morgan fingerprint density at radius 2 is 1.85 bits per heavy atom. The summed E-state index contributed by atoms with van der Waals surface area (Å²) in [6, 6.07) is 10.3. The van der Waals surface area contributed by atoms with Crippen molar-refractivity contribution in [1.29, 1.82) is 0 Å². The first-order valence-electron chi connectivity index (χ1n) is 7.27. The summed E-state index contributed by atoms with van der Waals surface area (Å²) >= 11 is 0. The lowest BCUT2D eigenvalue weighted by molar-refractivity contribution is 0.480. The van der Waals surface area contributed by atoms with Crippen LogP contribution in [0.4, 0.5) is 5.69 Å². The summed E-state index contributed by atoms with van der Waals surface area (Å²) in [5.74, 6) is 1.60. The number of ether oxygens (including phenoxy) is 1. The summed E-state index contributed by atoms with van der Waals surface area (Å²) in [4.78, 5) is 4.17. The van der Waals surface area contributed by atoms with E-state index in [1.807, 2.05) is 18.2 Å². The molecule has 0 unspecified atom stereocenters. The first-order chi connectivity index (χ1) is 9.81. The zero-order chi connectivity index (χ0) is 14.2. The minimum atomic E-state index is 0.754. The molecule has 0 saturated carbocycles. The van der Waals surface area contributed by atoms with Crippen LogP contribution in [-0.2, 0) is 6.42 Å².